The number of piperazine rings is 1. The summed E-state index contributed by atoms with van der Waals surface area (Å²) in [6.07, 6.45) is 3.04. The van der Waals surface area contributed by atoms with Crippen molar-refractivity contribution in [3.05, 3.63) is 11.2 Å². The Labute approximate surface area is 174 Å². The molecule has 0 unspecified atom stereocenters. The number of anilines is 1. The smallest absolute Gasteiger partial charge is 0.317 e. The zero-order valence-electron chi connectivity index (χ0n) is 16.3. The van der Waals surface area contributed by atoms with Crippen molar-refractivity contribution in [3.63, 3.8) is 0 Å². The lowest BCUT2D eigenvalue weighted by Crippen LogP contribution is -2.56. The fourth-order valence-electron chi connectivity index (χ4n) is 3.04. The molecule has 1 aliphatic heterocycles. The van der Waals surface area contributed by atoms with Crippen molar-refractivity contribution in [2.24, 2.45) is 0 Å². The Morgan fingerprint density at radius 1 is 1.32 bits per heavy atom. The van der Waals surface area contributed by atoms with Crippen molar-refractivity contribution < 1.29 is 9.59 Å². The largest absolute Gasteiger partial charge is 0.353 e. The summed E-state index contributed by atoms with van der Waals surface area (Å²) in [7, 11) is 0. The van der Waals surface area contributed by atoms with Crippen LogP contribution >= 0.6 is 23.4 Å². The molecule has 1 saturated carbocycles. The third-order valence-electron chi connectivity index (χ3n) is 4.67. The van der Waals surface area contributed by atoms with E-state index in [1.54, 1.807) is 6.07 Å². The molecule has 3 amide bonds. The van der Waals surface area contributed by atoms with Crippen LogP contribution in [0.25, 0.3) is 0 Å². The highest BCUT2D eigenvalue weighted by atomic mass is 35.5. The zero-order chi connectivity index (χ0) is 20.1. The lowest BCUT2D eigenvalue weighted by molar-refractivity contribution is -0.118. The van der Waals surface area contributed by atoms with Crippen LogP contribution in [0.1, 0.15) is 33.1 Å². The van der Waals surface area contributed by atoms with E-state index in [0.717, 1.165) is 25.1 Å². The topological polar surface area (TPSA) is 90.5 Å². The van der Waals surface area contributed by atoms with Gasteiger partial charge < -0.3 is 20.4 Å². The molecule has 1 aliphatic carbocycles. The van der Waals surface area contributed by atoms with Gasteiger partial charge in [0.05, 0.1) is 5.75 Å². The van der Waals surface area contributed by atoms with Gasteiger partial charge in [-0.3, -0.25) is 4.79 Å². The van der Waals surface area contributed by atoms with E-state index in [-0.39, 0.29) is 23.7 Å². The number of amides is 3. The van der Waals surface area contributed by atoms with Crippen LogP contribution in [0.15, 0.2) is 11.2 Å². The van der Waals surface area contributed by atoms with Crippen molar-refractivity contribution in [1.82, 2.24) is 25.5 Å². The zero-order valence-corrected chi connectivity index (χ0v) is 17.9. The quantitative estimate of drug-likeness (QED) is 0.394. The molecular formula is C18H27ClN6O2S. The van der Waals surface area contributed by atoms with Crippen LogP contribution in [0.3, 0.4) is 0 Å². The van der Waals surface area contributed by atoms with Gasteiger partial charge in [0.1, 0.15) is 11.0 Å². The van der Waals surface area contributed by atoms with Crippen LogP contribution < -0.4 is 15.5 Å². The normalized spacial score (nSPS) is 19.5. The molecule has 10 heteroatoms. The number of thioether (sulfide) groups is 1. The van der Waals surface area contributed by atoms with E-state index >= 15 is 0 Å². The maximum atomic E-state index is 12.3. The summed E-state index contributed by atoms with van der Waals surface area (Å²) in [6, 6.07) is 2.11. The number of rotatable bonds is 7. The summed E-state index contributed by atoms with van der Waals surface area (Å²) < 4.78 is 0. The van der Waals surface area contributed by atoms with Gasteiger partial charge in [-0.2, -0.15) is 0 Å². The lowest BCUT2D eigenvalue weighted by atomic mass is 10.2. The molecule has 2 heterocycles. The van der Waals surface area contributed by atoms with Gasteiger partial charge >= 0.3 is 6.03 Å². The average molecular weight is 427 g/mol. The van der Waals surface area contributed by atoms with Crippen molar-refractivity contribution >= 4 is 41.1 Å². The van der Waals surface area contributed by atoms with E-state index in [4.69, 9.17) is 11.6 Å². The van der Waals surface area contributed by atoms with Crippen molar-refractivity contribution in [3.8, 4) is 0 Å². The first kappa shape index (κ1) is 21.0. The van der Waals surface area contributed by atoms with Crippen LogP contribution in [0.4, 0.5) is 10.6 Å². The summed E-state index contributed by atoms with van der Waals surface area (Å²) in [4.78, 5) is 36.9. The molecule has 2 aliphatic rings. The third kappa shape index (κ3) is 5.88. The van der Waals surface area contributed by atoms with Crippen molar-refractivity contribution in [2.75, 3.05) is 36.8 Å². The Morgan fingerprint density at radius 2 is 2.11 bits per heavy atom. The highest BCUT2D eigenvalue weighted by molar-refractivity contribution is 7.99. The van der Waals surface area contributed by atoms with Gasteiger partial charge in [0.15, 0.2) is 5.16 Å². The Balaban J connectivity index is 1.58. The first-order valence-electron chi connectivity index (χ1n) is 9.72. The predicted molar refractivity (Wildman–Crippen MR) is 111 cm³/mol. The molecule has 28 heavy (non-hydrogen) atoms. The van der Waals surface area contributed by atoms with Crippen LogP contribution in [0, 0.1) is 0 Å². The maximum absolute atomic E-state index is 12.3. The lowest BCUT2D eigenvalue weighted by Gasteiger charge is -2.40. The third-order valence-corrected chi connectivity index (χ3v) is 5.72. The second-order valence-corrected chi connectivity index (χ2v) is 8.51. The SMILES string of the molecule is CCCNC(=O)N1CCN(c2cc(Cl)nc(SCC(=O)NC3CC3)n2)C[C@H]1C. The number of nitrogens with zero attached hydrogens (tertiary/aromatic N) is 4. The Kier molecular flexibility index (Phi) is 7.23. The minimum Gasteiger partial charge on any atom is -0.353 e. The van der Waals surface area contributed by atoms with Gasteiger partial charge in [0, 0.05) is 44.3 Å². The number of carbonyl (C=O) groups excluding carboxylic acids is 2. The minimum absolute atomic E-state index is 0.00189. The number of urea groups is 1. The molecule has 1 saturated heterocycles. The second kappa shape index (κ2) is 9.65. The van der Waals surface area contributed by atoms with Gasteiger partial charge in [-0.25, -0.2) is 14.8 Å². The number of halogens is 1. The first-order chi connectivity index (χ1) is 13.5. The minimum atomic E-state index is -0.0207. The molecular weight excluding hydrogens is 400 g/mol. The van der Waals surface area contributed by atoms with E-state index in [1.165, 1.54) is 11.8 Å². The molecule has 1 aromatic heterocycles. The highest BCUT2D eigenvalue weighted by Crippen LogP contribution is 2.24. The summed E-state index contributed by atoms with van der Waals surface area (Å²) >= 11 is 7.47. The van der Waals surface area contributed by atoms with E-state index < -0.39 is 0 Å². The summed E-state index contributed by atoms with van der Waals surface area (Å²) in [5.41, 5.74) is 0. The first-order valence-corrected chi connectivity index (χ1v) is 11.1. The number of aromatic nitrogens is 2. The highest BCUT2D eigenvalue weighted by Gasteiger charge is 2.28. The van der Waals surface area contributed by atoms with E-state index in [2.05, 4.69) is 25.5 Å². The van der Waals surface area contributed by atoms with Gasteiger partial charge in [0.25, 0.3) is 0 Å². The fraction of sp³-hybridized carbons (Fsp3) is 0.667. The van der Waals surface area contributed by atoms with Crippen LogP contribution in [0.5, 0.6) is 0 Å². The molecule has 1 aromatic rings. The van der Waals surface area contributed by atoms with Gasteiger partial charge in [-0.15, -0.1) is 0 Å². The van der Waals surface area contributed by atoms with Gasteiger partial charge in [-0.05, 0) is 26.2 Å². The summed E-state index contributed by atoms with van der Waals surface area (Å²) in [5, 5.41) is 6.72. The van der Waals surface area contributed by atoms with Crippen molar-refractivity contribution in [1.29, 1.82) is 0 Å². The number of hydrogen-bond donors (Lipinski definition) is 2. The van der Waals surface area contributed by atoms with E-state index in [9.17, 15) is 9.59 Å². The molecule has 1 atom stereocenters. The molecule has 8 nitrogen and oxygen atoms in total. The number of carbonyl (C=O) groups is 2. The van der Waals surface area contributed by atoms with E-state index in [1.807, 2.05) is 18.7 Å². The fourth-order valence-corrected chi connectivity index (χ4v) is 3.93. The molecule has 2 fully saturated rings. The molecule has 0 aromatic carbocycles. The Morgan fingerprint density at radius 3 is 2.79 bits per heavy atom. The van der Waals surface area contributed by atoms with E-state index in [0.29, 0.717) is 42.5 Å². The maximum Gasteiger partial charge on any atom is 0.317 e. The summed E-state index contributed by atoms with van der Waals surface area (Å²) in [5.74, 6) is 1.00. The molecule has 3 rings (SSSR count). The molecule has 2 N–H and O–H groups in total. The standard InChI is InChI=1S/C18H27ClN6O2S/c1-3-6-20-18(27)25-8-7-24(10-12(25)2)15-9-14(19)22-17(23-15)28-11-16(26)21-13-4-5-13/h9,12-13H,3-8,10-11H2,1-2H3,(H,20,27)(H,21,26)/t12-/m1/s1. The Hall–Kier alpha value is -1.74. The van der Waals surface area contributed by atoms with Crippen LogP contribution in [-0.4, -0.2) is 70.8 Å². The molecule has 0 bridgehead atoms. The molecule has 0 radical (unpaired) electrons. The second-order valence-electron chi connectivity index (χ2n) is 7.18. The predicted octanol–water partition coefficient (Wildman–Crippen LogP) is 2.13. The summed E-state index contributed by atoms with van der Waals surface area (Å²) in [6.45, 7) is 6.69. The van der Waals surface area contributed by atoms with Gasteiger partial charge in [-0.1, -0.05) is 30.3 Å². The Bertz CT molecular complexity index is 717. The number of nitrogens with one attached hydrogen (secondary N) is 2. The van der Waals surface area contributed by atoms with Crippen molar-refractivity contribution in [2.45, 2.75) is 50.4 Å². The average Bonchev–Trinajstić information content (AvgIpc) is 3.48. The van der Waals surface area contributed by atoms with Crippen LogP contribution in [-0.2, 0) is 4.79 Å². The molecule has 0 spiro atoms. The molecule has 154 valence electrons. The van der Waals surface area contributed by atoms with Gasteiger partial charge in [0.2, 0.25) is 5.91 Å². The van der Waals surface area contributed by atoms with Crippen LogP contribution in [0.2, 0.25) is 5.15 Å². The number of hydrogen-bond acceptors (Lipinski definition) is 6. The monoisotopic (exact) mass is 426 g/mol.